The van der Waals surface area contributed by atoms with Crippen LogP contribution in [0.4, 0.5) is 0 Å². The van der Waals surface area contributed by atoms with E-state index in [9.17, 15) is 4.79 Å². The van der Waals surface area contributed by atoms with Crippen molar-refractivity contribution in [2.45, 2.75) is 19.6 Å². The Labute approximate surface area is 98.9 Å². The number of carbonyl (C=O) groups is 1. The predicted molar refractivity (Wildman–Crippen MR) is 63.6 cm³/mol. The van der Waals surface area contributed by atoms with Gasteiger partial charge in [-0.3, -0.25) is 4.98 Å². The van der Waals surface area contributed by atoms with Crippen LogP contribution in [0.25, 0.3) is 10.9 Å². The first-order valence-electron chi connectivity index (χ1n) is 5.35. The van der Waals surface area contributed by atoms with Crippen molar-refractivity contribution in [1.29, 1.82) is 0 Å². The fraction of sp³-hybridized carbons (Fsp3) is 0.231. The molecule has 0 amide bonds. The number of para-hydroxylation sites is 1. The molecule has 0 fully saturated rings. The first kappa shape index (κ1) is 11.5. The minimum absolute atomic E-state index is 0.274. The maximum absolute atomic E-state index is 10.6. The van der Waals surface area contributed by atoms with E-state index < -0.39 is 12.1 Å². The summed E-state index contributed by atoms with van der Waals surface area (Å²) in [6.07, 6.45) is 0.897. The number of hydrogen-bond acceptors (Lipinski definition) is 3. The number of nitrogens with zero attached hydrogens (tertiary/aromatic N) is 1. The first-order valence-corrected chi connectivity index (χ1v) is 5.35. The Kier molecular flexibility index (Phi) is 3.35. The van der Waals surface area contributed by atoms with Crippen LogP contribution >= 0.6 is 0 Å². The molecule has 1 aromatic carbocycles. The third kappa shape index (κ3) is 2.60. The first-order chi connectivity index (χ1) is 8.18. The lowest BCUT2D eigenvalue weighted by Gasteiger charge is -2.10. The summed E-state index contributed by atoms with van der Waals surface area (Å²) in [5, 5.41) is 9.73. The van der Waals surface area contributed by atoms with Crippen LogP contribution in [0.15, 0.2) is 36.5 Å². The number of carboxylic acids is 1. The summed E-state index contributed by atoms with van der Waals surface area (Å²) < 4.78 is 5.27. The number of hydrogen-bond donors (Lipinski definition) is 1. The number of benzene rings is 1. The fourth-order valence-corrected chi connectivity index (χ4v) is 1.57. The summed E-state index contributed by atoms with van der Waals surface area (Å²) in [4.78, 5) is 14.9. The average Bonchev–Trinajstić information content (AvgIpc) is 2.35. The van der Waals surface area contributed by atoms with Gasteiger partial charge in [0.15, 0.2) is 6.10 Å². The molecule has 1 aromatic heterocycles. The molecule has 0 saturated heterocycles. The monoisotopic (exact) mass is 231 g/mol. The Bertz CT molecular complexity index is 534. The van der Waals surface area contributed by atoms with Crippen molar-refractivity contribution in [3.63, 3.8) is 0 Å². The van der Waals surface area contributed by atoms with Crippen LogP contribution in [0, 0.1) is 0 Å². The Morgan fingerprint density at radius 2 is 2.18 bits per heavy atom. The summed E-state index contributed by atoms with van der Waals surface area (Å²) in [6, 6.07) is 9.55. The molecule has 0 aliphatic heterocycles. The molecule has 2 aromatic rings. The third-order valence-corrected chi connectivity index (χ3v) is 2.58. The zero-order valence-electron chi connectivity index (χ0n) is 9.46. The maximum atomic E-state index is 10.6. The van der Waals surface area contributed by atoms with Crippen molar-refractivity contribution in [1.82, 2.24) is 4.98 Å². The van der Waals surface area contributed by atoms with E-state index in [1.54, 1.807) is 6.20 Å². The molecule has 88 valence electrons. The Balaban J connectivity index is 2.21. The number of pyridine rings is 1. The number of fused-ring (bicyclic) bond motifs is 1. The van der Waals surface area contributed by atoms with Crippen LogP contribution in [0.3, 0.4) is 0 Å². The number of aliphatic carboxylic acids is 1. The third-order valence-electron chi connectivity index (χ3n) is 2.58. The summed E-state index contributed by atoms with van der Waals surface area (Å²) in [5.41, 5.74) is 1.83. The van der Waals surface area contributed by atoms with Gasteiger partial charge in [0.05, 0.1) is 12.1 Å². The van der Waals surface area contributed by atoms with E-state index in [0.717, 1.165) is 16.5 Å². The van der Waals surface area contributed by atoms with Gasteiger partial charge in [0.25, 0.3) is 0 Å². The highest BCUT2D eigenvalue weighted by molar-refractivity contribution is 5.81. The largest absolute Gasteiger partial charge is 0.479 e. The molecular weight excluding hydrogens is 218 g/mol. The lowest BCUT2D eigenvalue weighted by molar-refractivity contribution is -0.149. The molecule has 0 unspecified atom stereocenters. The van der Waals surface area contributed by atoms with Crippen LogP contribution in [-0.2, 0) is 16.1 Å². The molecule has 0 aliphatic carbocycles. The smallest absolute Gasteiger partial charge is 0.332 e. The van der Waals surface area contributed by atoms with Gasteiger partial charge in [0.2, 0.25) is 0 Å². The van der Waals surface area contributed by atoms with Gasteiger partial charge < -0.3 is 9.84 Å². The van der Waals surface area contributed by atoms with Gasteiger partial charge in [-0.15, -0.1) is 0 Å². The van der Waals surface area contributed by atoms with Crippen LogP contribution in [0.2, 0.25) is 0 Å². The molecule has 0 radical (unpaired) electrons. The molecule has 17 heavy (non-hydrogen) atoms. The molecule has 4 heteroatoms. The molecule has 0 bridgehead atoms. The van der Waals surface area contributed by atoms with Crippen molar-refractivity contribution in [3.8, 4) is 0 Å². The van der Waals surface area contributed by atoms with E-state index in [-0.39, 0.29) is 6.61 Å². The van der Waals surface area contributed by atoms with E-state index in [4.69, 9.17) is 9.84 Å². The fourth-order valence-electron chi connectivity index (χ4n) is 1.57. The summed E-state index contributed by atoms with van der Waals surface area (Å²) in [5.74, 6) is -0.955. The molecule has 0 aliphatic rings. The molecule has 4 nitrogen and oxygen atoms in total. The number of aromatic nitrogens is 1. The zero-order valence-corrected chi connectivity index (χ0v) is 9.46. The molecule has 0 saturated carbocycles. The predicted octanol–water partition coefficient (Wildman–Crippen LogP) is 2.22. The second-order valence-electron chi connectivity index (χ2n) is 3.78. The van der Waals surface area contributed by atoms with Crippen LogP contribution < -0.4 is 0 Å². The standard InChI is InChI=1S/C13H13NO3/c1-9(13(15)16)17-8-10-6-7-14-12-5-3-2-4-11(10)12/h2-7,9H,8H2,1H3,(H,15,16)/t9-/m0/s1. The second kappa shape index (κ2) is 4.93. The number of rotatable bonds is 4. The van der Waals surface area contributed by atoms with Crippen LogP contribution in [0.5, 0.6) is 0 Å². The van der Waals surface area contributed by atoms with Crippen molar-refractivity contribution in [3.05, 3.63) is 42.1 Å². The van der Waals surface area contributed by atoms with Gasteiger partial charge in [-0.2, -0.15) is 0 Å². The van der Waals surface area contributed by atoms with Gasteiger partial charge in [0, 0.05) is 11.6 Å². The lowest BCUT2D eigenvalue weighted by Crippen LogP contribution is -2.19. The molecular formula is C13H13NO3. The van der Waals surface area contributed by atoms with Gasteiger partial charge >= 0.3 is 5.97 Å². The molecule has 0 spiro atoms. The van der Waals surface area contributed by atoms with Gasteiger partial charge in [-0.1, -0.05) is 18.2 Å². The zero-order chi connectivity index (χ0) is 12.3. The highest BCUT2D eigenvalue weighted by Gasteiger charge is 2.11. The quantitative estimate of drug-likeness (QED) is 0.876. The van der Waals surface area contributed by atoms with E-state index in [1.807, 2.05) is 30.3 Å². The van der Waals surface area contributed by atoms with E-state index in [1.165, 1.54) is 6.92 Å². The Hall–Kier alpha value is -1.94. The highest BCUT2D eigenvalue weighted by atomic mass is 16.5. The van der Waals surface area contributed by atoms with Crippen molar-refractivity contribution < 1.29 is 14.6 Å². The van der Waals surface area contributed by atoms with E-state index in [2.05, 4.69) is 4.98 Å². The highest BCUT2D eigenvalue weighted by Crippen LogP contribution is 2.17. The average molecular weight is 231 g/mol. The van der Waals surface area contributed by atoms with Crippen LogP contribution in [0.1, 0.15) is 12.5 Å². The summed E-state index contributed by atoms with van der Waals surface area (Å²) >= 11 is 0. The summed E-state index contributed by atoms with van der Waals surface area (Å²) in [7, 11) is 0. The van der Waals surface area contributed by atoms with Crippen LogP contribution in [-0.4, -0.2) is 22.2 Å². The summed E-state index contributed by atoms with van der Waals surface area (Å²) in [6.45, 7) is 1.79. The topological polar surface area (TPSA) is 59.4 Å². The molecule has 1 atom stereocenters. The Morgan fingerprint density at radius 1 is 1.41 bits per heavy atom. The lowest BCUT2D eigenvalue weighted by atomic mass is 10.1. The van der Waals surface area contributed by atoms with Crippen molar-refractivity contribution in [2.75, 3.05) is 0 Å². The molecule has 1 heterocycles. The van der Waals surface area contributed by atoms with Crippen molar-refractivity contribution >= 4 is 16.9 Å². The Morgan fingerprint density at radius 3 is 2.94 bits per heavy atom. The number of carboxylic acid groups (broad SMARTS) is 1. The van der Waals surface area contributed by atoms with E-state index >= 15 is 0 Å². The maximum Gasteiger partial charge on any atom is 0.332 e. The SMILES string of the molecule is C[C@H](OCc1ccnc2ccccc12)C(=O)O. The molecule has 2 rings (SSSR count). The van der Waals surface area contributed by atoms with Gasteiger partial charge in [-0.05, 0) is 24.6 Å². The minimum Gasteiger partial charge on any atom is -0.479 e. The number of ether oxygens (including phenoxy) is 1. The van der Waals surface area contributed by atoms with Gasteiger partial charge in [-0.25, -0.2) is 4.79 Å². The van der Waals surface area contributed by atoms with E-state index in [0.29, 0.717) is 0 Å². The minimum atomic E-state index is -0.955. The molecule has 1 N–H and O–H groups in total. The second-order valence-corrected chi connectivity index (χ2v) is 3.78. The van der Waals surface area contributed by atoms with Gasteiger partial charge in [0.1, 0.15) is 0 Å². The van der Waals surface area contributed by atoms with Crippen molar-refractivity contribution in [2.24, 2.45) is 0 Å². The normalized spacial score (nSPS) is 12.5.